The van der Waals surface area contributed by atoms with Gasteiger partial charge in [0.2, 0.25) is 0 Å². The van der Waals surface area contributed by atoms with Crippen molar-refractivity contribution in [1.82, 2.24) is 24.6 Å². The fourth-order valence-corrected chi connectivity index (χ4v) is 5.45. The number of rotatable bonds is 5. The van der Waals surface area contributed by atoms with Crippen molar-refractivity contribution in [2.45, 2.75) is 51.7 Å². The SMILES string of the molecule is CC[C@H](C)NC1CCN(c2ccc3c(c2)Cn2cc(-c4ccc(C#N)cc4)cc2-c2nncn2-3)CC1. The highest BCUT2D eigenvalue weighted by atomic mass is 15.3. The van der Waals surface area contributed by atoms with Gasteiger partial charge in [0.15, 0.2) is 5.82 Å². The topological polar surface area (TPSA) is 74.7 Å². The number of hydrogen-bond donors (Lipinski definition) is 1. The maximum absolute atomic E-state index is 9.14. The van der Waals surface area contributed by atoms with Crippen LogP contribution >= 0.6 is 0 Å². The summed E-state index contributed by atoms with van der Waals surface area (Å²) in [4.78, 5) is 2.52. The standard InChI is InChI=1S/C29H31N7/c1-3-20(2)32-25-10-12-34(13-11-25)26-8-9-27-24(14-26)18-35-17-23(22-6-4-21(16-30)5-7-22)15-28(35)29-33-31-19-36(27)29/h4-9,14-15,17,19-20,25,32H,3,10-13,18H2,1-2H3/t20-/m0/s1. The van der Waals surface area contributed by atoms with Gasteiger partial charge >= 0.3 is 0 Å². The Morgan fingerprint density at radius 2 is 1.89 bits per heavy atom. The van der Waals surface area contributed by atoms with Crippen LogP contribution in [-0.4, -0.2) is 44.5 Å². The molecule has 0 bridgehead atoms. The molecule has 7 heteroatoms. The lowest BCUT2D eigenvalue weighted by Crippen LogP contribution is -2.45. The van der Waals surface area contributed by atoms with Gasteiger partial charge < -0.3 is 14.8 Å². The quantitative estimate of drug-likeness (QED) is 0.386. The van der Waals surface area contributed by atoms with E-state index >= 15 is 0 Å². The van der Waals surface area contributed by atoms with Crippen LogP contribution in [0.25, 0.3) is 28.3 Å². The average Bonchev–Trinajstić information content (AvgIpc) is 3.54. The third kappa shape index (κ3) is 4.08. The van der Waals surface area contributed by atoms with E-state index in [1.54, 1.807) is 0 Å². The van der Waals surface area contributed by atoms with Crippen molar-refractivity contribution in [1.29, 1.82) is 5.26 Å². The normalized spacial score (nSPS) is 16.0. The maximum Gasteiger partial charge on any atom is 0.185 e. The Kier molecular flexibility index (Phi) is 5.82. The number of nitriles is 1. The molecule has 0 spiro atoms. The molecule has 0 amide bonds. The molecule has 2 aromatic heterocycles. The van der Waals surface area contributed by atoms with E-state index in [4.69, 9.17) is 5.26 Å². The van der Waals surface area contributed by atoms with E-state index in [2.05, 4.69) is 79.9 Å². The average molecular weight is 478 g/mol. The first-order chi connectivity index (χ1) is 17.6. The lowest BCUT2D eigenvalue weighted by molar-refractivity contribution is 0.372. The molecule has 0 aliphatic carbocycles. The van der Waals surface area contributed by atoms with Crippen LogP contribution in [0.15, 0.2) is 61.1 Å². The fraction of sp³-hybridized carbons (Fsp3) is 0.345. The Balaban J connectivity index is 1.30. The molecule has 1 fully saturated rings. The lowest BCUT2D eigenvalue weighted by Gasteiger charge is -2.35. The van der Waals surface area contributed by atoms with Crippen LogP contribution in [0.4, 0.5) is 5.69 Å². The first-order valence-electron chi connectivity index (χ1n) is 12.9. The van der Waals surface area contributed by atoms with Crippen molar-refractivity contribution in [2.75, 3.05) is 18.0 Å². The van der Waals surface area contributed by atoms with Gasteiger partial charge in [-0.2, -0.15) is 5.26 Å². The number of nitrogens with one attached hydrogen (secondary N) is 1. The van der Waals surface area contributed by atoms with Crippen molar-refractivity contribution >= 4 is 5.69 Å². The molecule has 0 unspecified atom stereocenters. The van der Waals surface area contributed by atoms with Crippen LogP contribution in [0.1, 0.15) is 44.2 Å². The molecule has 36 heavy (non-hydrogen) atoms. The van der Waals surface area contributed by atoms with Crippen LogP contribution in [0.2, 0.25) is 0 Å². The van der Waals surface area contributed by atoms with Crippen molar-refractivity contribution in [3.8, 4) is 34.4 Å². The first-order valence-corrected chi connectivity index (χ1v) is 12.9. The predicted molar refractivity (Wildman–Crippen MR) is 142 cm³/mol. The zero-order valence-electron chi connectivity index (χ0n) is 20.9. The monoisotopic (exact) mass is 477 g/mol. The van der Waals surface area contributed by atoms with E-state index in [0.29, 0.717) is 17.6 Å². The van der Waals surface area contributed by atoms with Crippen LogP contribution in [0.3, 0.4) is 0 Å². The largest absolute Gasteiger partial charge is 0.371 e. The van der Waals surface area contributed by atoms with Gasteiger partial charge in [-0.1, -0.05) is 19.1 Å². The molecule has 7 nitrogen and oxygen atoms in total. The Labute approximate surface area is 212 Å². The molecule has 1 N–H and O–H groups in total. The van der Waals surface area contributed by atoms with E-state index in [-0.39, 0.29) is 0 Å². The lowest BCUT2D eigenvalue weighted by atomic mass is 10.0. The number of nitrogens with zero attached hydrogens (tertiary/aromatic N) is 6. The maximum atomic E-state index is 9.14. The second-order valence-electron chi connectivity index (χ2n) is 10.0. The molecular formula is C29H31N7. The van der Waals surface area contributed by atoms with E-state index in [1.807, 2.05) is 30.6 Å². The number of hydrogen-bond acceptors (Lipinski definition) is 5. The first kappa shape index (κ1) is 22.6. The minimum Gasteiger partial charge on any atom is -0.371 e. The zero-order chi connectivity index (χ0) is 24.6. The van der Waals surface area contributed by atoms with Crippen molar-refractivity contribution in [3.63, 3.8) is 0 Å². The molecule has 2 aliphatic rings. The van der Waals surface area contributed by atoms with Gasteiger partial charge in [-0.05, 0) is 73.7 Å². The summed E-state index contributed by atoms with van der Waals surface area (Å²) in [6, 6.07) is 20.1. The Morgan fingerprint density at radius 1 is 1.08 bits per heavy atom. The second-order valence-corrected chi connectivity index (χ2v) is 10.0. The molecule has 0 saturated carbocycles. The third-order valence-corrected chi connectivity index (χ3v) is 7.68. The van der Waals surface area contributed by atoms with Crippen molar-refractivity contribution < 1.29 is 0 Å². The van der Waals surface area contributed by atoms with E-state index < -0.39 is 0 Å². The van der Waals surface area contributed by atoms with E-state index in [9.17, 15) is 0 Å². The highest BCUT2D eigenvalue weighted by molar-refractivity contribution is 5.72. The smallest absolute Gasteiger partial charge is 0.185 e. The Hall–Kier alpha value is -3.89. The number of fused-ring (bicyclic) bond motifs is 5. The summed E-state index contributed by atoms with van der Waals surface area (Å²) in [5.74, 6) is 0.846. The van der Waals surface area contributed by atoms with Gasteiger partial charge in [0.25, 0.3) is 0 Å². The number of benzene rings is 2. The predicted octanol–water partition coefficient (Wildman–Crippen LogP) is 4.99. The summed E-state index contributed by atoms with van der Waals surface area (Å²) in [6.45, 7) is 7.43. The van der Waals surface area contributed by atoms with Crippen LogP contribution in [0.5, 0.6) is 0 Å². The summed E-state index contributed by atoms with van der Waals surface area (Å²) in [5, 5.41) is 21.6. The summed E-state index contributed by atoms with van der Waals surface area (Å²) in [5.41, 5.74) is 7.59. The molecule has 1 atom stereocenters. The van der Waals surface area contributed by atoms with Gasteiger partial charge in [-0.25, -0.2) is 0 Å². The molecule has 4 heterocycles. The van der Waals surface area contributed by atoms with Crippen LogP contribution in [0, 0.1) is 11.3 Å². The Morgan fingerprint density at radius 3 is 2.64 bits per heavy atom. The van der Waals surface area contributed by atoms with Crippen molar-refractivity contribution in [2.24, 2.45) is 0 Å². The molecule has 182 valence electrons. The molecule has 2 aliphatic heterocycles. The van der Waals surface area contributed by atoms with Gasteiger partial charge in [0, 0.05) is 49.2 Å². The minimum atomic E-state index is 0.581. The summed E-state index contributed by atoms with van der Waals surface area (Å²) in [7, 11) is 0. The number of anilines is 1. The van der Waals surface area contributed by atoms with Gasteiger partial charge in [-0.15, -0.1) is 10.2 Å². The minimum absolute atomic E-state index is 0.581. The highest BCUT2D eigenvalue weighted by Crippen LogP contribution is 2.35. The molecule has 0 radical (unpaired) electrons. The molecule has 2 aromatic carbocycles. The molecular weight excluding hydrogens is 446 g/mol. The van der Waals surface area contributed by atoms with E-state index in [0.717, 1.165) is 48.0 Å². The third-order valence-electron chi connectivity index (χ3n) is 7.68. The number of aromatic nitrogens is 4. The van der Waals surface area contributed by atoms with Crippen LogP contribution < -0.4 is 10.2 Å². The van der Waals surface area contributed by atoms with Crippen LogP contribution in [-0.2, 0) is 6.54 Å². The Bertz CT molecular complexity index is 1410. The summed E-state index contributed by atoms with van der Waals surface area (Å²) < 4.78 is 4.37. The molecule has 4 aromatic rings. The van der Waals surface area contributed by atoms with Gasteiger partial charge in [0.1, 0.15) is 6.33 Å². The summed E-state index contributed by atoms with van der Waals surface area (Å²) in [6.07, 6.45) is 7.51. The summed E-state index contributed by atoms with van der Waals surface area (Å²) >= 11 is 0. The van der Waals surface area contributed by atoms with E-state index in [1.165, 1.54) is 30.5 Å². The highest BCUT2D eigenvalue weighted by Gasteiger charge is 2.24. The molecule has 6 rings (SSSR count). The van der Waals surface area contributed by atoms with Crippen molar-refractivity contribution in [3.05, 3.63) is 72.2 Å². The van der Waals surface area contributed by atoms with Gasteiger partial charge in [-0.3, -0.25) is 4.57 Å². The zero-order valence-corrected chi connectivity index (χ0v) is 20.9. The van der Waals surface area contributed by atoms with Gasteiger partial charge in [0.05, 0.1) is 23.0 Å². The second kappa shape index (κ2) is 9.29. The molecule has 1 saturated heterocycles. The fourth-order valence-electron chi connectivity index (χ4n) is 5.45. The number of piperidine rings is 1.